The molecule has 148 valence electrons. The molecular formula is C19H24N6O3. The van der Waals surface area contributed by atoms with Crippen molar-refractivity contribution in [2.45, 2.75) is 31.1 Å². The van der Waals surface area contributed by atoms with Gasteiger partial charge >= 0.3 is 0 Å². The molecule has 0 bridgehead atoms. The summed E-state index contributed by atoms with van der Waals surface area (Å²) in [5, 5.41) is 0. The number of aromatic nitrogens is 4. The molecule has 2 saturated heterocycles. The van der Waals surface area contributed by atoms with E-state index in [0.29, 0.717) is 32.8 Å². The van der Waals surface area contributed by atoms with Gasteiger partial charge in [-0.1, -0.05) is 0 Å². The Labute approximate surface area is 163 Å². The van der Waals surface area contributed by atoms with Crippen LogP contribution in [0.4, 0.5) is 5.95 Å². The number of anilines is 1. The van der Waals surface area contributed by atoms with Gasteiger partial charge in [0.2, 0.25) is 5.95 Å². The molecule has 5 heterocycles. The Morgan fingerprint density at radius 1 is 1.04 bits per heavy atom. The van der Waals surface area contributed by atoms with Crippen molar-refractivity contribution >= 4 is 11.9 Å². The normalized spacial score (nSPS) is 24.2. The fourth-order valence-electron chi connectivity index (χ4n) is 4.38. The van der Waals surface area contributed by atoms with Gasteiger partial charge in [-0.2, -0.15) is 0 Å². The van der Waals surface area contributed by atoms with Crippen LogP contribution in [0.15, 0.2) is 30.9 Å². The van der Waals surface area contributed by atoms with Gasteiger partial charge in [-0.3, -0.25) is 4.79 Å². The number of piperidine rings is 1. The Bertz CT molecular complexity index is 827. The lowest BCUT2D eigenvalue weighted by molar-refractivity contribution is -0.178. The molecule has 5 rings (SSSR count). The Morgan fingerprint density at radius 2 is 1.79 bits per heavy atom. The molecule has 9 heteroatoms. The topological polar surface area (TPSA) is 85.6 Å². The van der Waals surface area contributed by atoms with Crippen molar-refractivity contribution in [3.63, 3.8) is 0 Å². The highest BCUT2D eigenvalue weighted by atomic mass is 16.5. The van der Waals surface area contributed by atoms with Crippen LogP contribution in [0.3, 0.4) is 0 Å². The number of imidazole rings is 1. The van der Waals surface area contributed by atoms with Gasteiger partial charge in [-0.05, 0) is 6.07 Å². The molecule has 2 aromatic heterocycles. The molecule has 1 atom stereocenters. The zero-order valence-corrected chi connectivity index (χ0v) is 15.7. The number of rotatable bonds is 2. The lowest BCUT2D eigenvalue weighted by Gasteiger charge is -2.46. The first-order valence-electron chi connectivity index (χ1n) is 9.83. The summed E-state index contributed by atoms with van der Waals surface area (Å²) >= 11 is 0. The van der Waals surface area contributed by atoms with Crippen LogP contribution < -0.4 is 4.90 Å². The van der Waals surface area contributed by atoms with Crippen LogP contribution in [0.25, 0.3) is 0 Å². The SMILES string of the molecule is O=C(C1Cn2ccnc2C2(CCN(c3ncccn3)CC2)O1)N1CCOCC1. The smallest absolute Gasteiger partial charge is 0.253 e. The maximum Gasteiger partial charge on any atom is 0.253 e. The maximum atomic E-state index is 13.1. The van der Waals surface area contributed by atoms with E-state index in [2.05, 4.69) is 24.4 Å². The first kappa shape index (κ1) is 17.6. The summed E-state index contributed by atoms with van der Waals surface area (Å²) in [6.45, 7) is 4.46. The van der Waals surface area contributed by atoms with Gasteiger partial charge in [0.1, 0.15) is 11.4 Å². The zero-order chi connectivity index (χ0) is 19.0. The average molecular weight is 384 g/mol. The summed E-state index contributed by atoms with van der Waals surface area (Å²) in [6, 6.07) is 1.82. The molecule has 0 N–H and O–H groups in total. The number of nitrogens with zero attached hydrogens (tertiary/aromatic N) is 6. The van der Waals surface area contributed by atoms with Crippen LogP contribution in [0, 0.1) is 0 Å². The average Bonchev–Trinajstić information content (AvgIpc) is 3.25. The number of fused-ring (bicyclic) bond motifs is 2. The van der Waals surface area contributed by atoms with Crippen molar-refractivity contribution in [2.24, 2.45) is 0 Å². The fourth-order valence-corrected chi connectivity index (χ4v) is 4.38. The molecule has 0 saturated carbocycles. The van der Waals surface area contributed by atoms with Gasteiger partial charge in [0, 0.05) is 63.8 Å². The van der Waals surface area contributed by atoms with Gasteiger partial charge in [0.05, 0.1) is 19.8 Å². The largest absolute Gasteiger partial charge is 0.378 e. The molecule has 9 nitrogen and oxygen atoms in total. The van der Waals surface area contributed by atoms with Gasteiger partial charge in [-0.25, -0.2) is 15.0 Å². The summed E-state index contributed by atoms with van der Waals surface area (Å²) < 4.78 is 14.0. The molecule has 2 aromatic rings. The van der Waals surface area contributed by atoms with E-state index in [1.165, 1.54) is 0 Å². The highest BCUT2D eigenvalue weighted by Gasteiger charge is 2.48. The molecule has 1 unspecified atom stereocenters. The molecule has 0 aromatic carbocycles. The monoisotopic (exact) mass is 384 g/mol. The number of ether oxygens (including phenoxy) is 2. The molecule has 28 heavy (non-hydrogen) atoms. The quantitative estimate of drug-likeness (QED) is 0.742. The van der Waals surface area contributed by atoms with Crippen LogP contribution in [-0.4, -0.2) is 75.8 Å². The number of carbonyl (C=O) groups is 1. The Hall–Kier alpha value is -2.52. The predicted molar refractivity (Wildman–Crippen MR) is 99.7 cm³/mol. The summed E-state index contributed by atoms with van der Waals surface area (Å²) in [5.41, 5.74) is -0.542. The summed E-state index contributed by atoms with van der Waals surface area (Å²) in [7, 11) is 0. The minimum absolute atomic E-state index is 0.0517. The number of morpholine rings is 1. The number of hydrogen-bond donors (Lipinski definition) is 0. The second-order valence-corrected chi connectivity index (χ2v) is 7.48. The van der Waals surface area contributed by atoms with E-state index in [-0.39, 0.29) is 5.91 Å². The third kappa shape index (κ3) is 3.04. The predicted octanol–water partition coefficient (Wildman–Crippen LogP) is 0.426. The lowest BCUT2D eigenvalue weighted by atomic mass is 9.88. The van der Waals surface area contributed by atoms with E-state index in [0.717, 1.165) is 37.7 Å². The van der Waals surface area contributed by atoms with Crippen LogP contribution in [0.1, 0.15) is 18.7 Å². The highest BCUT2D eigenvalue weighted by Crippen LogP contribution is 2.40. The van der Waals surface area contributed by atoms with Gasteiger partial charge in [0.25, 0.3) is 5.91 Å². The summed E-state index contributed by atoms with van der Waals surface area (Å²) in [5.74, 6) is 1.71. The lowest BCUT2D eigenvalue weighted by Crippen LogP contribution is -2.56. The van der Waals surface area contributed by atoms with Crippen molar-refractivity contribution in [1.82, 2.24) is 24.4 Å². The number of hydrogen-bond acceptors (Lipinski definition) is 7. The Morgan fingerprint density at radius 3 is 2.54 bits per heavy atom. The van der Waals surface area contributed by atoms with Crippen molar-refractivity contribution < 1.29 is 14.3 Å². The summed E-state index contributed by atoms with van der Waals surface area (Å²) in [4.78, 5) is 30.4. The van der Waals surface area contributed by atoms with E-state index < -0.39 is 11.7 Å². The standard InChI is InChI=1S/C19H24N6O3/c26-16(23-10-12-27-13-11-23)15-14-25-9-6-20-17(25)19(28-15)2-7-24(8-3-19)18-21-4-1-5-22-18/h1,4-6,9,15H,2-3,7-8,10-14H2. The molecule has 0 radical (unpaired) electrons. The Kier molecular flexibility index (Phi) is 4.48. The molecule has 1 amide bonds. The summed E-state index contributed by atoms with van der Waals surface area (Å²) in [6.07, 6.45) is 8.27. The highest BCUT2D eigenvalue weighted by molar-refractivity contribution is 5.81. The van der Waals surface area contributed by atoms with Crippen LogP contribution in [0.2, 0.25) is 0 Å². The van der Waals surface area contributed by atoms with E-state index in [9.17, 15) is 4.79 Å². The maximum absolute atomic E-state index is 13.1. The molecule has 1 spiro atoms. The molecule has 0 aliphatic carbocycles. The molecule has 2 fully saturated rings. The van der Waals surface area contributed by atoms with Crippen LogP contribution in [-0.2, 0) is 26.4 Å². The van der Waals surface area contributed by atoms with E-state index >= 15 is 0 Å². The molecule has 3 aliphatic rings. The third-order valence-electron chi connectivity index (χ3n) is 5.86. The van der Waals surface area contributed by atoms with E-state index in [4.69, 9.17) is 9.47 Å². The third-order valence-corrected chi connectivity index (χ3v) is 5.86. The zero-order valence-electron chi connectivity index (χ0n) is 15.7. The minimum Gasteiger partial charge on any atom is -0.378 e. The van der Waals surface area contributed by atoms with Gasteiger partial charge < -0.3 is 23.8 Å². The van der Waals surface area contributed by atoms with E-state index in [1.54, 1.807) is 18.6 Å². The molecular weight excluding hydrogens is 360 g/mol. The van der Waals surface area contributed by atoms with Crippen LogP contribution in [0.5, 0.6) is 0 Å². The Balaban J connectivity index is 1.36. The van der Waals surface area contributed by atoms with Crippen molar-refractivity contribution in [2.75, 3.05) is 44.3 Å². The second-order valence-electron chi connectivity index (χ2n) is 7.48. The van der Waals surface area contributed by atoms with Crippen molar-refractivity contribution in [3.05, 3.63) is 36.7 Å². The van der Waals surface area contributed by atoms with Crippen molar-refractivity contribution in [1.29, 1.82) is 0 Å². The van der Waals surface area contributed by atoms with E-state index in [1.807, 2.05) is 17.2 Å². The second kappa shape index (κ2) is 7.14. The number of carbonyl (C=O) groups excluding carboxylic acids is 1. The van der Waals surface area contributed by atoms with Gasteiger partial charge in [-0.15, -0.1) is 0 Å². The number of amides is 1. The molecule has 3 aliphatic heterocycles. The van der Waals surface area contributed by atoms with Crippen molar-refractivity contribution in [3.8, 4) is 0 Å². The minimum atomic E-state index is -0.542. The fraction of sp³-hybridized carbons (Fsp3) is 0.579. The van der Waals surface area contributed by atoms with Gasteiger partial charge in [0.15, 0.2) is 6.10 Å². The first-order valence-corrected chi connectivity index (χ1v) is 9.83. The van der Waals surface area contributed by atoms with Crippen LogP contribution >= 0.6 is 0 Å². The first-order chi connectivity index (χ1) is 13.8.